The van der Waals surface area contributed by atoms with E-state index in [1.165, 1.54) is 38.6 Å². The van der Waals surface area contributed by atoms with E-state index in [0.29, 0.717) is 0 Å². The Kier molecular flexibility index (Phi) is 2.63. The average Bonchev–Trinajstić information content (AvgIpc) is 2.55. The molecule has 12 heavy (non-hydrogen) atoms. The van der Waals surface area contributed by atoms with Crippen molar-refractivity contribution in [1.82, 2.24) is 5.32 Å². The lowest BCUT2D eigenvalue weighted by atomic mass is 9.94. The van der Waals surface area contributed by atoms with Gasteiger partial charge in [-0.05, 0) is 12.8 Å². The Hall–Kier alpha value is 0.270. The molecule has 2 nitrogen and oxygen atoms in total. The molecule has 1 heterocycles. The van der Waals surface area contributed by atoms with Crippen molar-refractivity contribution >= 4 is 12.8 Å². The Balaban J connectivity index is 1.96. The first-order chi connectivity index (χ1) is 5.81. The summed E-state index contributed by atoms with van der Waals surface area (Å²) in [6.45, 7) is 3.45. The average molecular weight is 187 g/mol. The van der Waals surface area contributed by atoms with Crippen molar-refractivity contribution in [3.05, 3.63) is 0 Å². The van der Waals surface area contributed by atoms with Crippen molar-refractivity contribution in [2.24, 2.45) is 0 Å². The largest absolute Gasteiger partial charge is 0.264 e. The second-order valence-corrected chi connectivity index (χ2v) is 4.96. The van der Waals surface area contributed by atoms with E-state index >= 15 is 0 Å². The Bertz CT molecular complexity index is 149. The van der Waals surface area contributed by atoms with Crippen molar-refractivity contribution < 1.29 is 3.89 Å². The Labute approximate surface area is 80.5 Å². The van der Waals surface area contributed by atoms with Crippen LogP contribution in [0.25, 0.3) is 0 Å². The molecule has 1 atom stereocenters. The molecule has 0 radical (unpaired) electrons. The molecule has 1 unspecified atom stereocenters. The summed E-state index contributed by atoms with van der Waals surface area (Å²) >= 11 is 4.80. The fraction of sp³-hybridized carbons (Fsp3) is 1.00. The molecule has 70 valence electrons. The van der Waals surface area contributed by atoms with Crippen LogP contribution in [0, 0.1) is 0 Å². The van der Waals surface area contributed by atoms with Crippen molar-refractivity contribution in [3.8, 4) is 0 Å². The number of hydrogen-bond acceptors (Lipinski definition) is 2. The van der Waals surface area contributed by atoms with Gasteiger partial charge in [-0.1, -0.05) is 6.42 Å². The monoisotopic (exact) mass is 187 g/mol. The third-order valence-electron chi connectivity index (χ3n) is 3.32. The van der Waals surface area contributed by atoms with E-state index in [1.807, 2.05) is 0 Å². The second kappa shape index (κ2) is 3.56. The van der Waals surface area contributed by atoms with Gasteiger partial charge in [0.1, 0.15) is 19.3 Å². The van der Waals surface area contributed by atoms with Crippen LogP contribution in [-0.4, -0.2) is 29.7 Å². The van der Waals surface area contributed by atoms with Crippen molar-refractivity contribution in [2.75, 3.05) is 19.8 Å². The fourth-order valence-corrected chi connectivity index (χ4v) is 2.93. The summed E-state index contributed by atoms with van der Waals surface area (Å²) in [6, 6.07) is 0.831. The van der Waals surface area contributed by atoms with Crippen molar-refractivity contribution in [1.29, 1.82) is 0 Å². The number of nitrogens with one attached hydrogen (secondary N) is 1. The SMILES string of the molecule is S[N+]1(C2CCCCC2)CCNC1. The molecule has 2 rings (SSSR count). The van der Waals surface area contributed by atoms with Crippen LogP contribution < -0.4 is 5.32 Å². The number of quaternary nitrogens is 1. The fourth-order valence-electron chi connectivity index (χ4n) is 2.50. The van der Waals surface area contributed by atoms with Gasteiger partial charge in [-0.25, -0.2) is 3.89 Å². The third kappa shape index (κ3) is 1.63. The van der Waals surface area contributed by atoms with E-state index in [4.69, 9.17) is 12.8 Å². The first-order valence-corrected chi connectivity index (χ1v) is 5.51. The van der Waals surface area contributed by atoms with Crippen LogP contribution in [0.5, 0.6) is 0 Å². The summed E-state index contributed by atoms with van der Waals surface area (Å²) in [6.07, 6.45) is 7.07. The normalized spacial score (nSPS) is 38.8. The zero-order valence-electron chi connectivity index (χ0n) is 7.63. The molecular weight excluding hydrogens is 168 g/mol. The lowest BCUT2D eigenvalue weighted by Crippen LogP contribution is -2.47. The molecule has 0 bridgehead atoms. The minimum atomic E-state index is 0.831. The summed E-state index contributed by atoms with van der Waals surface area (Å²) in [5.41, 5.74) is 0. The van der Waals surface area contributed by atoms with E-state index in [2.05, 4.69) is 5.32 Å². The van der Waals surface area contributed by atoms with Crippen LogP contribution in [-0.2, 0) is 0 Å². The van der Waals surface area contributed by atoms with E-state index in [1.54, 1.807) is 0 Å². The van der Waals surface area contributed by atoms with Crippen LogP contribution in [0.15, 0.2) is 0 Å². The maximum absolute atomic E-state index is 4.80. The van der Waals surface area contributed by atoms with Gasteiger partial charge in [-0.3, -0.25) is 5.32 Å². The van der Waals surface area contributed by atoms with E-state index in [-0.39, 0.29) is 0 Å². The standard InChI is InChI=1S/C9H19N2S/c12-11(7-6-10-8-11)9-4-2-1-3-5-9/h9-10,12H,1-8H2/q+1. The van der Waals surface area contributed by atoms with Crippen LogP contribution in [0.2, 0.25) is 0 Å². The lowest BCUT2D eigenvalue weighted by Gasteiger charge is -2.36. The van der Waals surface area contributed by atoms with Crippen LogP contribution in [0.1, 0.15) is 32.1 Å². The van der Waals surface area contributed by atoms with E-state index in [9.17, 15) is 0 Å². The molecule has 0 amide bonds. The van der Waals surface area contributed by atoms with E-state index in [0.717, 1.165) is 23.1 Å². The van der Waals surface area contributed by atoms with Gasteiger partial charge in [-0.2, -0.15) is 0 Å². The predicted octanol–water partition coefficient (Wildman–Crippen LogP) is 1.54. The minimum Gasteiger partial charge on any atom is -0.264 e. The van der Waals surface area contributed by atoms with Crippen molar-refractivity contribution in [2.45, 2.75) is 38.1 Å². The van der Waals surface area contributed by atoms with Gasteiger partial charge >= 0.3 is 0 Å². The van der Waals surface area contributed by atoms with Gasteiger partial charge in [0.15, 0.2) is 0 Å². The van der Waals surface area contributed by atoms with Gasteiger partial charge in [0.25, 0.3) is 0 Å². The highest BCUT2D eigenvalue weighted by molar-refractivity contribution is 7.74. The molecule has 0 aromatic carbocycles. The van der Waals surface area contributed by atoms with E-state index < -0.39 is 0 Å². The molecule has 1 N–H and O–H groups in total. The molecule has 0 spiro atoms. The minimum absolute atomic E-state index is 0.831. The predicted molar refractivity (Wildman–Crippen MR) is 53.9 cm³/mol. The molecule has 2 aliphatic rings. The highest BCUT2D eigenvalue weighted by Crippen LogP contribution is 2.31. The van der Waals surface area contributed by atoms with Gasteiger partial charge in [0, 0.05) is 12.8 Å². The summed E-state index contributed by atoms with van der Waals surface area (Å²) < 4.78 is 1.00. The van der Waals surface area contributed by atoms with Gasteiger partial charge < -0.3 is 0 Å². The zero-order valence-corrected chi connectivity index (χ0v) is 8.52. The maximum atomic E-state index is 4.80. The maximum Gasteiger partial charge on any atom is 0.143 e. The summed E-state index contributed by atoms with van der Waals surface area (Å²) in [4.78, 5) is 0. The Morgan fingerprint density at radius 3 is 2.50 bits per heavy atom. The summed E-state index contributed by atoms with van der Waals surface area (Å²) in [5, 5.41) is 3.41. The number of thiol groups is 1. The highest BCUT2D eigenvalue weighted by atomic mass is 32.1. The summed E-state index contributed by atoms with van der Waals surface area (Å²) in [7, 11) is 0. The first kappa shape index (κ1) is 8.85. The highest BCUT2D eigenvalue weighted by Gasteiger charge is 2.37. The van der Waals surface area contributed by atoms with Gasteiger partial charge in [0.2, 0.25) is 0 Å². The molecular formula is C9H19N2S+. The zero-order chi connectivity index (χ0) is 8.44. The Morgan fingerprint density at radius 2 is 1.92 bits per heavy atom. The molecule has 2 fully saturated rings. The second-order valence-electron chi connectivity index (χ2n) is 4.16. The van der Waals surface area contributed by atoms with Gasteiger partial charge in [0.05, 0.1) is 19.4 Å². The first-order valence-electron chi connectivity index (χ1n) is 5.11. The molecule has 1 saturated carbocycles. The van der Waals surface area contributed by atoms with Gasteiger partial charge in [-0.15, -0.1) is 0 Å². The number of rotatable bonds is 1. The topological polar surface area (TPSA) is 12.0 Å². The van der Waals surface area contributed by atoms with Crippen molar-refractivity contribution in [3.63, 3.8) is 0 Å². The molecule has 1 saturated heterocycles. The number of hydrogen-bond donors (Lipinski definition) is 2. The summed E-state index contributed by atoms with van der Waals surface area (Å²) in [5.74, 6) is 0. The lowest BCUT2D eigenvalue weighted by molar-refractivity contribution is -0.809. The Morgan fingerprint density at radius 1 is 1.17 bits per heavy atom. The smallest absolute Gasteiger partial charge is 0.143 e. The molecule has 1 aliphatic heterocycles. The molecule has 3 heteroatoms. The molecule has 1 aliphatic carbocycles. The quantitative estimate of drug-likeness (QED) is 0.469. The van der Waals surface area contributed by atoms with Crippen LogP contribution in [0.3, 0.4) is 0 Å². The molecule has 0 aromatic rings. The number of nitrogens with zero attached hydrogens (tertiary/aromatic N) is 1. The van der Waals surface area contributed by atoms with Crippen LogP contribution in [0.4, 0.5) is 0 Å². The third-order valence-corrected chi connectivity index (χ3v) is 3.98. The van der Waals surface area contributed by atoms with Crippen LogP contribution >= 0.6 is 12.8 Å². The molecule has 0 aromatic heterocycles.